The summed E-state index contributed by atoms with van der Waals surface area (Å²) in [5.41, 5.74) is 2.02. The molecule has 1 aliphatic heterocycles. The highest BCUT2D eigenvalue weighted by Gasteiger charge is 2.20. The first-order chi connectivity index (χ1) is 12.5. The molecule has 6 heteroatoms. The van der Waals surface area contributed by atoms with E-state index in [-0.39, 0.29) is 11.9 Å². The minimum Gasteiger partial charge on any atom is -0.371 e. The Bertz CT molecular complexity index is 689. The van der Waals surface area contributed by atoms with E-state index in [9.17, 15) is 4.79 Å². The molecule has 1 heterocycles. The minimum absolute atomic E-state index is 0.109. The SMILES string of the molecule is CCN1CCOC(c2ccc(Br)cc2)C1.O=C(CBr)c1ccc(Br)cc1. The van der Waals surface area contributed by atoms with Gasteiger partial charge in [-0.25, -0.2) is 0 Å². The van der Waals surface area contributed by atoms with E-state index < -0.39 is 0 Å². The van der Waals surface area contributed by atoms with Crippen molar-refractivity contribution in [3.8, 4) is 0 Å². The maximum atomic E-state index is 11.1. The number of ether oxygens (including phenoxy) is 1. The third-order valence-corrected chi connectivity index (χ3v) is 5.69. The lowest BCUT2D eigenvalue weighted by Crippen LogP contribution is -2.37. The lowest BCUT2D eigenvalue weighted by atomic mass is 10.1. The van der Waals surface area contributed by atoms with Gasteiger partial charge in [0.25, 0.3) is 0 Å². The number of benzene rings is 2. The number of likely N-dealkylation sites (N-methyl/N-ethyl adjacent to an activating group) is 1. The van der Waals surface area contributed by atoms with Gasteiger partial charge in [0.05, 0.1) is 18.0 Å². The van der Waals surface area contributed by atoms with E-state index in [1.54, 1.807) is 12.1 Å². The molecule has 0 saturated carbocycles. The van der Waals surface area contributed by atoms with Crippen LogP contribution in [0, 0.1) is 0 Å². The second kappa shape index (κ2) is 11.3. The molecule has 0 spiro atoms. The van der Waals surface area contributed by atoms with Crippen LogP contribution in [0.3, 0.4) is 0 Å². The van der Waals surface area contributed by atoms with Gasteiger partial charge < -0.3 is 4.74 Å². The van der Waals surface area contributed by atoms with Crippen molar-refractivity contribution in [2.45, 2.75) is 13.0 Å². The van der Waals surface area contributed by atoms with E-state index >= 15 is 0 Å². The molecular formula is C20H22Br3NO2. The first-order valence-corrected chi connectivity index (χ1v) is 11.2. The van der Waals surface area contributed by atoms with E-state index in [2.05, 4.69) is 83.9 Å². The van der Waals surface area contributed by atoms with Crippen molar-refractivity contribution in [1.29, 1.82) is 0 Å². The number of morpholine rings is 1. The number of alkyl halides is 1. The second-order valence-electron chi connectivity index (χ2n) is 5.87. The molecule has 1 fully saturated rings. The van der Waals surface area contributed by atoms with E-state index in [1.165, 1.54) is 5.56 Å². The zero-order valence-electron chi connectivity index (χ0n) is 14.6. The first-order valence-electron chi connectivity index (χ1n) is 8.47. The highest BCUT2D eigenvalue weighted by molar-refractivity contribution is 9.10. The van der Waals surface area contributed by atoms with Gasteiger partial charge in [-0.05, 0) is 36.4 Å². The van der Waals surface area contributed by atoms with Gasteiger partial charge in [-0.3, -0.25) is 9.69 Å². The van der Waals surface area contributed by atoms with Crippen molar-refractivity contribution < 1.29 is 9.53 Å². The summed E-state index contributed by atoms with van der Waals surface area (Å²) in [5.74, 6) is 0.109. The van der Waals surface area contributed by atoms with Crippen LogP contribution in [0.5, 0.6) is 0 Å². The Kier molecular flexibility index (Phi) is 9.50. The van der Waals surface area contributed by atoms with Crippen LogP contribution < -0.4 is 0 Å². The fraction of sp³-hybridized carbons (Fsp3) is 0.350. The smallest absolute Gasteiger partial charge is 0.173 e. The van der Waals surface area contributed by atoms with Gasteiger partial charge in [0, 0.05) is 27.6 Å². The fourth-order valence-corrected chi connectivity index (χ4v) is 3.43. The minimum atomic E-state index is 0.109. The van der Waals surface area contributed by atoms with Crippen LogP contribution in [0.4, 0.5) is 0 Å². The van der Waals surface area contributed by atoms with Crippen LogP contribution in [0.15, 0.2) is 57.5 Å². The third kappa shape index (κ3) is 6.89. The molecule has 1 atom stereocenters. The predicted molar refractivity (Wildman–Crippen MR) is 117 cm³/mol. The number of hydrogen-bond donors (Lipinski definition) is 0. The van der Waals surface area contributed by atoms with Crippen LogP contribution in [-0.4, -0.2) is 42.3 Å². The van der Waals surface area contributed by atoms with Crippen molar-refractivity contribution in [2.75, 3.05) is 31.6 Å². The van der Waals surface area contributed by atoms with Crippen LogP contribution in [0.1, 0.15) is 28.9 Å². The Morgan fingerprint density at radius 1 is 1.08 bits per heavy atom. The molecular weight excluding hydrogens is 526 g/mol. The summed E-state index contributed by atoms with van der Waals surface area (Å²) in [5, 5.41) is 0.384. The van der Waals surface area contributed by atoms with Crippen molar-refractivity contribution in [2.24, 2.45) is 0 Å². The summed E-state index contributed by atoms with van der Waals surface area (Å²) in [6.45, 7) is 6.22. The van der Waals surface area contributed by atoms with Crippen LogP contribution >= 0.6 is 47.8 Å². The average Bonchev–Trinajstić information content (AvgIpc) is 2.69. The molecule has 26 heavy (non-hydrogen) atoms. The second-order valence-corrected chi connectivity index (χ2v) is 8.26. The topological polar surface area (TPSA) is 29.5 Å². The van der Waals surface area contributed by atoms with Gasteiger partial charge in [-0.15, -0.1) is 0 Å². The number of carbonyl (C=O) groups excluding carboxylic acids is 1. The summed E-state index contributed by atoms with van der Waals surface area (Å²) >= 11 is 9.85. The largest absolute Gasteiger partial charge is 0.371 e. The molecule has 0 bridgehead atoms. The molecule has 3 nitrogen and oxygen atoms in total. The molecule has 2 aromatic rings. The number of ketones is 1. The van der Waals surface area contributed by atoms with E-state index in [4.69, 9.17) is 4.74 Å². The lowest BCUT2D eigenvalue weighted by molar-refractivity contribution is -0.0281. The average molecular weight is 548 g/mol. The van der Waals surface area contributed by atoms with E-state index in [1.807, 2.05) is 12.1 Å². The number of nitrogens with zero attached hydrogens (tertiary/aromatic N) is 1. The number of hydrogen-bond acceptors (Lipinski definition) is 3. The summed E-state index contributed by atoms with van der Waals surface area (Å²) in [6, 6.07) is 15.7. The molecule has 3 rings (SSSR count). The van der Waals surface area contributed by atoms with Gasteiger partial charge >= 0.3 is 0 Å². The van der Waals surface area contributed by atoms with Gasteiger partial charge in [0.1, 0.15) is 0 Å². The molecule has 0 aliphatic carbocycles. The number of carbonyl (C=O) groups is 1. The van der Waals surface area contributed by atoms with Gasteiger partial charge in [0.15, 0.2) is 5.78 Å². The molecule has 0 aromatic heterocycles. The molecule has 140 valence electrons. The number of Topliss-reactive ketones (excluding diaryl/α,β-unsaturated/α-hetero) is 1. The van der Waals surface area contributed by atoms with Crippen LogP contribution in [0.25, 0.3) is 0 Å². The Labute approximate surface area is 180 Å². The molecule has 0 radical (unpaired) electrons. The number of halogens is 3. The third-order valence-electron chi connectivity index (χ3n) is 4.13. The van der Waals surface area contributed by atoms with E-state index in [0.29, 0.717) is 5.33 Å². The molecule has 1 aliphatic rings. The lowest BCUT2D eigenvalue weighted by Gasteiger charge is -2.32. The van der Waals surface area contributed by atoms with Crippen molar-refractivity contribution in [3.63, 3.8) is 0 Å². The maximum absolute atomic E-state index is 11.1. The van der Waals surface area contributed by atoms with Crippen LogP contribution in [-0.2, 0) is 4.74 Å². The van der Waals surface area contributed by atoms with Crippen LogP contribution in [0.2, 0.25) is 0 Å². The van der Waals surface area contributed by atoms with Gasteiger partial charge in [-0.2, -0.15) is 0 Å². The summed E-state index contributed by atoms with van der Waals surface area (Å²) < 4.78 is 7.89. The highest BCUT2D eigenvalue weighted by Crippen LogP contribution is 2.23. The first kappa shape index (κ1) is 21.8. The Morgan fingerprint density at radius 3 is 2.19 bits per heavy atom. The van der Waals surface area contributed by atoms with Gasteiger partial charge in [-0.1, -0.05) is 79.0 Å². The number of rotatable bonds is 4. The summed E-state index contributed by atoms with van der Waals surface area (Å²) in [6.07, 6.45) is 0.242. The zero-order chi connectivity index (χ0) is 18.9. The fourth-order valence-electron chi connectivity index (χ4n) is 2.58. The molecule has 0 amide bonds. The Morgan fingerprint density at radius 2 is 1.65 bits per heavy atom. The maximum Gasteiger partial charge on any atom is 0.173 e. The Balaban J connectivity index is 0.000000197. The quantitative estimate of drug-likeness (QED) is 0.354. The summed E-state index contributed by atoms with van der Waals surface area (Å²) in [7, 11) is 0. The predicted octanol–water partition coefficient (Wildman–Crippen LogP) is 5.87. The summed E-state index contributed by atoms with van der Waals surface area (Å²) in [4.78, 5) is 13.5. The zero-order valence-corrected chi connectivity index (χ0v) is 19.4. The highest BCUT2D eigenvalue weighted by atomic mass is 79.9. The standard InChI is InChI=1S/C12H16BrNO.C8H6Br2O/c1-2-14-7-8-15-12(9-14)10-3-5-11(13)6-4-10;9-5-8(11)6-1-3-7(10)4-2-6/h3-6,12H,2,7-9H2,1H3;1-4H,5H2. The van der Waals surface area contributed by atoms with Crippen molar-refractivity contribution in [1.82, 2.24) is 4.90 Å². The van der Waals surface area contributed by atoms with Crippen molar-refractivity contribution >= 4 is 53.6 Å². The molecule has 1 unspecified atom stereocenters. The van der Waals surface area contributed by atoms with E-state index in [0.717, 1.165) is 40.8 Å². The molecule has 1 saturated heterocycles. The Hall–Kier alpha value is -0.530. The van der Waals surface area contributed by atoms with Crippen molar-refractivity contribution in [3.05, 3.63) is 68.6 Å². The normalized spacial score (nSPS) is 17.3. The molecule has 0 N–H and O–H groups in total. The molecule has 2 aromatic carbocycles. The van der Waals surface area contributed by atoms with Gasteiger partial charge in [0.2, 0.25) is 0 Å². The monoisotopic (exact) mass is 545 g/mol.